The fraction of sp³-hybridized carbons (Fsp3) is 0.150. The zero-order valence-electron chi connectivity index (χ0n) is 15.2. The quantitative estimate of drug-likeness (QED) is 0.470. The summed E-state index contributed by atoms with van der Waals surface area (Å²) in [5.74, 6) is -1.16. The van der Waals surface area contributed by atoms with Gasteiger partial charge in [0.05, 0.1) is 11.4 Å². The highest BCUT2D eigenvalue weighted by Gasteiger charge is 2.16. The zero-order valence-corrected chi connectivity index (χ0v) is 16.0. The van der Waals surface area contributed by atoms with Gasteiger partial charge < -0.3 is 5.32 Å². The molecule has 0 spiro atoms. The maximum Gasteiger partial charge on any atom is 0.234 e. The average molecular weight is 400 g/mol. The molecule has 0 aliphatic heterocycles. The van der Waals surface area contributed by atoms with Crippen molar-refractivity contribution < 1.29 is 13.6 Å². The number of carbonyl (C=O) groups excluding carboxylic acids is 1. The molecule has 0 unspecified atom stereocenters. The van der Waals surface area contributed by atoms with E-state index >= 15 is 0 Å². The lowest BCUT2D eigenvalue weighted by atomic mass is 10.1. The normalized spacial score (nSPS) is 10.7. The second-order valence-corrected chi connectivity index (χ2v) is 6.98. The molecule has 0 fully saturated rings. The summed E-state index contributed by atoms with van der Waals surface area (Å²) in [7, 11) is 0. The number of hydrogen-bond donors (Lipinski definition) is 1. The Morgan fingerprint density at radius 3 is 2.82 bits per heavy atom. The largest absolute Gasteiger partial charge is 0.323 e. The van der Waals surface area contributed by atoms with Gasteiger partial charge in [-0.1, -0.05) is 41.6 Å². The standard InChI is InChI=1S/C20H18F2N4OS/c1-3-9-26-19(14-6-4-5-13(2)10-14)24-25-20(26)28-12-18(27)23-17-11-15(21)7-8-16(17)22/h3-8,10-11H,1,9,12H2,2H3,(H,23,27). The molecule has 3 rings (SSSR count). The zero-order chi connectivity index (χ0) is 20.1. The third-order valence-electron chi connectivity index (χ3n) is 3.84. The highest BCUT2D eigenvalue weighted by molar-refractivity contribution is 7.99. The lowest BCUT2D eigenvalue weighted by Gasteiger charge is -2.09. The molecule has 0 aliphatic carbocycles. The Hall–Kier alpha value is -3.00. The van der Waals surface area contributed by atoms with Crippen LogP contribution in [0.1, 0.15) is 5.56 Å². The Bertz CT molecular complexity index is 1020. The minimum absolute atomic E-state index is 0.0287. The summed E-state index contributed by atoms with van der Waals surface area (Å²) in [6.07, 6.45) is 1.72. The molecule has 3 aromatic rings. The number of allylic oxidation sites excluding steroid dienone is 1. The summed E-state index contributed by atoms with van der Waals surface area (Å²) >= 11 is 1.16. The van der Waals surface area contributed by atoms with Gasteiger partial charge in [0.2, 0.25) is 5.91 Å². The molecular weight excluding hydrogens is 382 g/mol. The molecular formula is C20H18F2N4OS. The summed E-state index contributed by atoms with van der Waals surface area (Å²) in [6, 6.07) is 10.8. The van der Waals surface area contributed by atoms with E-state index in [-0.39, 0.29) is 11.4 Å². The van der Waals surface area contributed by atoms with Crippen LogP contribution in [0.5, 0.6) is 0 Å². The number of halogens is 2. The summed E-state index contributed by atoms with van der Waals surface area (Å²) in [6.45, 7) is 6.22. The van der Waals surface area contributed by atoms with Crippen LogP contribution in [0.2, 0.25) is 0 Å². The van der Waals surface area contributed by atoms with E-state index in [1.54, 1.807) is 6.08 Å². The molecule has 0 saturated heterocycles. The van der Waals surface area contributed by atoms with Crippen LogP contribution in [0.25, 0.3) is 11.4 Å². The fourth-order valence-corrected chi connectivity index (χ4v) is 3.34. The van der Waals surface area contributed by atoms with Gasteiger partial charge in [0.1, 0.15) is 11.6 Å². The second-order valence-electron chi connectivity index (χ2n) is 6.04. The van der Waals surface area contributed by atoms with Crippen molar-refractivity contribution in [2.75, 3.05) is 11.1 Å². The molecule has 1 heterocycles. The first-order valence-corrected chi connectivity index (χ1v) is 9.45. The van der Waals surface area contributed by atoms with Crippen molar-refractivity contribution in [2.45, 2.75) is 18.6 Å². The van der Waals surface area contributed by atoms with Crippen molar-refractivity contribution in [2.24, 2.45) is 0 Å². The van der Waals surface area contributed by atoms with Gasteiger partial charge in [-0.2, -0.15) is 0 Å². The smallest absolute Gasteiger partial charge is 0.234 e. The predicted molar refractivity (Wildman–Crippen MR) is 106 cm³/mol. The number of thioether (sulfide) groups is 1. The molecule has 144 valence electrons. The number of amides is 1. The SMILES string of the molecule is C=CCn1c(SCC(=O)Nc2cc(F)ccc2F)nnc1-c1cccc(C)c1. The monoisotopic (exact) mass is 400 g/mol. The van der Waals surface area contributed by atoms with Crippen LogP contribution in [-0.2, 0) is 11.3 Å². The van der Waals surface area contributed by atoms with E-state index in [9.17, 15) is 13.6 Å². The summed E-state index contributed by atoms with van der Waals surface area (Å²) in [5, 5.41) is 11.3. The van der Waals surface area contributed by atoms with Crippen LogP contribution in [-0.4, -0.2) is 26.4 Å². The molecule has 0 bridgehead atoms. The Labute approximate surface area is 165 Å². The van der Waals surface area contributed by atoms with Gasteiger partial charge in [-0.05, 0) is 25.1 Å². The van der Waals surface area contributed by atoms with Crippen molar-refractivity contribution in [1.29, 1.82) is 0 Å². The van der Waals surface area contributed by atoms with Gasteiger partial charge in [-0.15, -0.1) is 16.8 Å². The lowest BCUT2D eigenvalue weighted by molar-refractivity contribution is -0.113. The molecule has 5 nitrogen and oxygen atoms in total. The van der Waals surface area contributed by atoms with E-state index < -0.39 is 17.5 Å². The van der Waals surface area contributed by atoms with E-state index in [1.807, 2.05) is 35.8 Å². The number of nitrogens with zero attached hydrogens (tertiary/aromatic N) is 3. The molecule has 1 aromatic heterocycles. The van der Waals surface area contributed by atoms with Crippen molar-refractivity contribution in [3.05, 3.63) is 72.3 Å². The van der Waals surface area contributed by atoms with E-state index in [0.717, 1.165) is 41.1 Å². The van der Waals surface area contributed by atoms with Gasteiger partial charge in [0.25, 0.3) is 0 Å². The maximum absolute atomic E-state index is 13.7. The van der Waals surface area contributed by atoms with Crippen LogP contribution >= 0.6 is 11.8 Å². The third-order valence-corrected chi connectivity index (χ3v) is 4.81. The van der Waals surface area contributed by atoms with Crippen LogP contribution in [0.3, 0.4) is 0 Å². The molecule has 0 radical (unpaired) electrons. The topological polar surface area (TPSA) is 59.8 Å². The number of nitrogens with one attached hydrogen (secondary N) is 1. The van der Waals surface area contributed by atoms with E-state index in [2.05, 4.69) is 22.1 Å². The van der Waals surface area contributed by atoms with Crippen molar-refractivity contribution >= 4 is 23.4 Å². The Balaban J connectivity index is 1.74. The van der Waals surface area contributed by atoms with Crippen LogP contribution in [0.4, 0.5) is 14.5 Å². The minimum Gasteiger partial charge on any atom is -0.323 e. The highest BCUT2D eigenvalue weighted by atomic mass is 32.2. The van der Waals surface area contributed by atoms with Crippen LogP contribution < -0.4 is 5.32 Å². The van der Waals surface area contributed by atoms with E-state index in [4.69, 9.17) is 0 Å². The number of hydrogen-bond acceptors (Lipinski definition) is 4. The van der Waals surface area contributed by atoms with Gasteiger partial charge in [-0.25, -0.2) is 8.78 Å². The number of rotatable bonds is 7. The van der Waals surface area contributed by atoms with Crippen molar-refractivity contribution in [3.63, 3.8) is 0 Å². The van der Waals surface area contributed by atoms with Gasteiger partial charge in [0.15, 0.2) is 11.0 Å². The Morgan fingerprint density at radius 1 is 1.25 bits per heavy atom. The Kier molecular flexibility index (Phi) is 6.20. The van der Waals surface area contributed by atoms with Gasteiger partial charge in [0, 0.05) is 18.2 Å². The van der Waals surface area contributed by atoms with Crippen molar-refractivity contribution in [3.8, 4) is 11.4 Å². The summed E-state index contributed by atoms with van der Waals surface area (Å²) < 4.78 is 28.7. The molecule has 1 N–H and O–H groups in total. The number of aryl methyl sites for hydroxylation is 1. The lowest BCUT2D eigenvalue weighted by Crippen LogP contribution is -2.15. The summed E-state index contributed by atoms with van der Waals surface area (Å²) in [4.78, 5) is 12.1. The molecule has 8 heteroatoms. The fourth-order valence-electron chi connectivity index (χ4n) is 2.60. The second kappa shape index (κ2) is 8.79. The number of benzene rings is 2. The maximum atomic E-state index is 13.7. The van der Waals surface area contributed by atoms with Crippen molar-refractivity contribution in [1.82, 2.24) is 14.8 Å². The Morgan fingerprint density at radius 2 is 2.07 bits per heavy atom. The van der Waals surface area contributed by atoms with E-state index in [0.29, 0.717) is 17.5 Å². The summed E-state index contributed by atoms with van der Waals surface area (Å²) in [5.41, 5.74) is 1.81. The van der Waals surface area contributed by atoms with Gasteiger partial charge in [-0.3, -0.25) is 9.36 Å². The molecule has 28 heavy (non-hydrogen) atoms. The first kappa shape index (κ1) is 19.8. The van der Waals surface area contributed by atoms with Crippen LogP contribution in [0, 0.1) is 18.6 Å². The predicted octanol–water partition coefficient (Wildman–Crippen LogP) is 4.45. The van der Waals surface area contributed by atoms with Gasteiger partial charge >= 0.3 is 0 Å². The number of anilines is 1. The van der Waals surface area contributed by atoms with Crippen LogP contribution in [0.15, 0.2) is 60.3 Å². The highest BCUT2D eigenvalue weighted by Crippen LogP contribution is 2.25. The number of aromatic nitrogens is 3. The molecule has 1 amide bonds. The first-order chi connectivity index (χ1) is 13.5. The molecule has 0 saturated carbocycles. The number of carbonyl (C=O) groups is 1. The van der Waals surface area contributed by atoms with E-state index in [1.165, 1.54) is 0 Å². The molecule has 0 aliphatic rings. The third kappa shape index (κ3) is 4.64. The molecule has 0 atom stereocenters. The molecule has 2 aromatic carbocycles. The average Bonchev–Trinajstić information content (AvgIpc) is 3.06. The minimum atomic E-state index is -0.698. The first-order valence-electron chi connectivity index (χ1n) is 8.46.